The molecule has 4 rings (SSSR count). The van der Waals surface area contributed by atoms with E-state index in [0.717, 1.165) is 40.8 Å². The first kappa shape index (κ1) is 20.9. The van der Waals surface area contributed by atoms with Crippen LogP contribution in [0.25, 0.3) is 11.3 Å². The largest absolute Gasteiger partial charge is 0.469 e. The number of aromatic nitrogens is 2. The fourth-order valence-electron chi connectivity index (χ4n) is 4.75. The summed E-state index contributed by atoms with van der Waals surface area (Å²) in [6, 6.07) is 7.76. The summed E-state index contributed by atoms with van der Waals surface area (Å²) in [6.07, 6.45) is 5.01. The first-order valence-electron chi connectivity index (χ1n) is 10.4. The minimum atomic E-state index is -0.562. The highest BCUT2D eigenvalue weighted by Gasteiger charge is 2.51. The van der Waals surface area contributed by atoms with Crippen molar-refractivity contribution < 1.29 is 9.53 Å². The minimum absolute atomic E-state index is 0.00351. The van der Waals surface area contributed by atoms with Crippen LogP contribution in [0.4, 0.5) is 0 Å². The van der Waals surface area contributed by atoms with Crippen molar-refractivity contribution in [3.8, 4) is 11.3 Å². The van der Waals surface area contributed by atoms with Crippen molar-refractivity contribution in [2.24, 2.45) is 22.6 Å². The van der Waals surface area contributed by atoms with E-state index in [-0.39, 0.29) is 29.9 Å². The second kappa shape index (κ2) is 8.41. The van der Waals surface area contributed by atoms with Crippen molar-refractivity contribution in [3.05, 3.63) is 40.8 Å². The number of carbonyl (C=O) groups is 1. The fourth-order valence-corrected chi connectivity index (χ4v) is 5.02. The van der Waals surface area contributed by atoms with Gasteiger partial charge in [-0.2, -0.15) is 0 Å². The van der Waals surface area contributed by atoms with Crippen LogP contribution < -0.4 is 5.73 Å². The predicted octanol–water partition coefficient (Wildman–Crippen LogP) is 3.88. The highest BCUT2D eigenvalue weighted by molar-refractivity contribution is 9.10. The zero-order chi connectivity index (χ0) is 21.4. The van der Waals surface area contributed by atoms with Crippen LogP contribution in [0.1, 0.15) is 45.0 Å². The van der Waals surface area contributed by atoms with Gasteiger partial charge in [0.2, 0.25) is 5.91 Å². The number of aromatic amines is 1. The highest BCUT2D eigenvalue weighted by Crippen LogP contribution is 2.50. The number of carbonyl (C=O) groups excluding carboxylic acids is 1. The number of imidazole rings is 1. The molecule has 2 bridgehead atoms. The molecule has 0 unspecified atom stereocenters. The van der Waals surface area contributed by atoms with E-state index in [1.807, 2.05) is 49.2 Å². The molecule has 1 saturated carbocycles. The Morgan fingerprint density at radius 2 is 2.07 bits per heavy atom. The molecule has 0 spiro atoms. The van der Waals surface area contributed by atoms with Crippen molar-refractivity contribution >= 4 is 27.9 Å². The first-order valence-corrected chi connectivity index (χ1v) is 11.2. The van der Waals surface area contributed by atoms with Crippen LogP contribution in [0.2, 0.25) is 0 Å². The smallest absolute Gasteiger partial charge is 0.282 e. The van der Waals surface area contributed by atoms with Crippen LogP contribution in [-0.2, 0) is 9.53 Å². The normalized spacial score (nSPS) is 24.5. The number of nitrogens with zero attached hydrogens (tertiary/aromatic N) is 3. The Labute approximate surface area is 185 Å². The number of likely N-dealkylation sites (tertiary alicyclic amines) is 1. The molecule has 0 radical (unpaired) electrons. The average Bonchev–Trinajstić information content (AvgIpc) is 3.47. The highest BCUT2D eigenvalue weighted by atomic mass is 79.9. The second-order valence-corrected chi connectivity index (χ2v) is 9.38. The molecule has 2 fully saturated rings. The van der Waals surface area contributed by atoms with Gasteiger partial charge in [-0.05, 0) is 48.8 Å². The number of amides is 1. The lowest BCUT2D eigenvalue weighted by atomic mass is 9.95. The Kier molecular flexibility index (Phi) is 5.86. The molecule has 1 aromatic carbocycles. The second-order valence-electron chi connectivity index (χ2n) is 8.47. The van der Waals surface area contributed by atoms with Crippen LogP contribution in [0.3, 0.4) is 0 Å². The fraction of sp³-hybridized carbons (Fsp3) is 0.500. The molecule has 160 valence electrons. The van der Waals surface area contributed by atoms with Crippen LogP contribution in [0.15, 0.2) is 39.9 Å². The third-order valence-corrected chi connectivity index (χ3v) is 6.76. The monoisotopic (exact) mass is 473 g/mol. The number of nitrogens with two attached hydrogens (primary N) is 1. The van der Waals surface area contributed by atoms with Gasteiger partial charge in [0.1, 0.15) is 11.9 Å². The van der Waals surface area contributed by atoms with Gasteiger partial charge in [-0.3, -0.25) is 4.79 Å². The molecule has 4 atom stereocenters. The lowest BCUT2D eigenvalue weighted by Gasteiger charge is -2.36. The van der Waals surface area contributed by atoms with Crippen molar-refractivity contribution in [1.29, 1.82) is 0 Å². The Balaban J connectivity index is 1.64. The van der Waals surface area contributed by atoms with Crippen LogP contribution in [0.5, 0.6) is 0 Å². The number of hydrogen-bond donors (Lipinski definition) is 2. The van der Waals surface area contributed by atoms with Crippen molar-refractivity contribution in [3.63, 3.8) is 0 Å². The Morgan fingerprint density at radius 3 is 2.73 bits per heavy atom. The van der Waals surface area contributed by atoms with Gasteiger partial charge in [-0.1, -0.05) is 41.9 Å². The number of ether oxygens (including phenoxy) is 1. The molecule has 1 aliphatic heterocycles. The van der Waals surface area contributed by atoms with Gasteiger partial charge >= 0.3 is 0 Å². The van der Waals surface area contributed by atoms with Gasteiger partial charge in [-0.15, -0.1) is 0 Å². The maximum Gasteiger partial charge on any atom is 0.282 e. The molecule has 2 heterocycles. The summed E-state index contributed by atoms with van der Waals surface area (Å²) in [7, 11) is 1.47. The molecule has 30 heavy (non-hydrogen) atoms. The molecule has 8 heteroatoms. The van der Waals surface area contributed by atoms with E-state index in [1.165, 1.54) is 7.11 Å². The zero-order valence-electron chi connectivity index (χ0n) is 17.5. The number of rotatable bonds is 5. The Bertz CT molecular complexity index is 939. The van der Waals surface area contributed by atoms with E-state index in [2.05, 4.69) is 30.9 Å². The van der Waals surface area contributed by atoms with Gasteiger partial charge in [0, 0.05) is 10.5 Å². The summed E-state index contributed by atoms with van der Waals surface area (Å²) in [4.78, 5) is 28.1. The number of aliphatic imine (C=N–C) groups is 1. The van der Waals surface area contributed by atoms with Crippen molar-refractivity contribution in [2.45, 2.75) is 51.2 Å². The molecule has 1 aliphatic carbocycles. The minimum Gasteiger partial charge on any atom is -0.469 e. The summed E-state index contributed by atoms with van der Waals surface area (Å²) in [6.45, 7) is 3.97. The van der Waals surface area contributed by atoms with E-state index in [0.29, 0.717) is 5.92 Å². The van der Waals surface area contributed by atoms with E-state index in [1.54, 1.807) is 0 Å². The number of nitrogens with one attached hydrogen (secondary N) is 1. The average molecular weight is 474 g/mol. The lowest BCUT2D eigenvalue weighted by molar-refractivity contribution is -0.138. The van der Waals surface area contributed by atoms with E-state index in [9.17, 15) is 4.79 Å². The molecule has 1 aromatic heterocycles. The van der Waals surface area contributed by atoms with Gasteiger partial charge in [0.25, 0.3) is 6.02 Å². The number of amidine groups is 1. The number of H-pyrrole nitrogens is 1. The summed E-state index contributed by atoms with van der Waals surface area (Å²) in [5.74, 6) is 1.28. The number of benzene rings is 1. The SMILES string of the molecule is COC(N)=N[C@H](C(=O)N1[C@@H]2CC[C@@H](C2)[C@H]1c1ncc(-c2ccc(Br)cc2)[nH]1)C(C)C. The van der Waals surface area contributed by atoms with Crippen molar-refractivity contribution in [2.75, 3.05) is 7.11 Å². The van der Waals surface area contributed by atoms with Gasteiger partial charge < -0.3 is 20.4 Å². The Morgan fingerprint density at radius 1 is 1.33 bits per heavy atom. The van der Waals surface area contributed by atoms with Crippen LogP contribution in [-0.4, -0.2) is 46.0 Å². The summed E-state index contributed by atoms with van der Waals surface area (Å²) < 4.78 is 6.05. The number of methoxy groups -OCH3 is 1. The standard InChI is InChI=1S/C22H28BrN5O2/c1-12(2)18(27-22(24)30-3)21(29)28-16-9-6-14(10-16)19(28)20-25-11-17(26-20)13-4-7-15(23)8-5-13/h4-5,7-8,11-12,14,16,18-19H,6,9-10H2,1-3H3,(H2,24,27)(H,25,26)/t14-,16+,18-,19-/m0/s1. The van der Waals surface area contributed by atoms with E-state index >= 15 is 0 Å². The van der Waals surface area contributed by atoms with Gasteiger partial charge in [-0.25, -0.2) is 9.98 Å². The topological polar surface area (TPSA) is 96.6 Å². The molecular weight excluding hydrogens is 446 g/mol. The van der Waals surface area contributed by atoms with Gasteiger partial charge in [0.05, 0.1) is 25.0 Å². The lowest BCUT2D eigenvalue weighted by Crippen LogP contribution is -2.47. The number of hydrogen-bond acceptors (Lipinski definition) is 4. The molecule has 2 aromatic rings. The molecule has 3 N–H and O–H groups in total. The third-order valence-electron chi connectivity index (χ3n) is 6.23. The number of halogens is 1. The Hall–Kier alpha value is -2.35. The third kappa shape index (κ3) is 3.85. The quantitative estimate of drug-likeness (QED) is 0.508. The number of piperidine rings is 1. The molecule has 7 nitrogen and oxygen atoms in total. The molecule has 1 amide bonds. The number of fused-ring (bicyclic) bond motifs is 2. The predicted molar refractivity (Wildman–Crippen MR) is 120 cm³/mol. The molecule has 1 saturated heterocycles. The summed E-state index contributed by atoms with van der Waals surface area (Å²) in [5.41, 5.74) is 7.80. The first-order chi connectivity index (χ1) is 14.4. The van der Waals surface area contributed by atoms with Gasteiger partial charge in [0.15, 0.2) is 0 Å². The van der Waals surface area contributed by atoms with Crippen molar-refractivity contribution in [1.82, 2.24) is 14.9 Å². The summed E-state index contributed by atoms with van der Waals surface area (Å²) in [5, 5.41) is 0. The van der Waals surface area contributed by atoms with Crippen LogP contribution >= 0.6 is 15.9 Å². The maximum absolute atomic E-state index is 13.6. The molecular formula is C22H28BrN5O2. The zero-order valence-corrected chi connectivity index (χ0v) is 19.1. The molecule has 2 aliphatic rings. The summed E-state index contributed by atoms with van der Waals surface area (Å²) >= 11 is 3.47. The van der Waals surface area contributed by atoms with E-state index < -0.39 is 6.04 Å². The van der Waals surface area contributed by atoms with E-state index in [4.69, 9.17) is 10.5 Å². The van der Waals surface area contributed by atoms with Crippen LogP contribution in [0, 0.1) is 11.8 Å². The maximum atomic E-state index is 13.6.